The molecule has 1 aromatic heterocycles. The molecule has 0 saturated carbocycles. The number of hydrogen-bond donors (Lipinski definition) is 0. The van der Waals surface area contributed by atoms with Gasteiger partial charge in [-0.15, -0.1) is 0 Å². The lowest BCUT2D eigenvalue weighted by Gasteiger charge is -2.34. The van der Waals surface area contributed by atoms with Gasteiger partial charge in [0, 0.05) is 13.1 Å². The van der Waals surface area contributed by atoms with Gasteiger partial charge in [0.05, 0.1) is 11.3 Å². The molecule has 0 unspecified atom stereocenters. The minimum absolute atomic E-state index is 0.133. The van der Waals surface area contributed by atoms with Gasteiger partial charge in [0.2, 0.25) is 0 Å². The van der Waals surface area contributed by atoms with Crippen molar-refractivity contribution in [3.05, 3.63) is 42.5 Å². The third kappa shape index (κ3) is 4.23. The molecule has 0 spiro atoms. The molecule has 2 aromatic rings. The number of aromatic nitrogens is 3. The summed E-state index contributed by atoms with van der Waals surface area (Å²) in [5, 5.41) is 4.02. The van der Waals surface area contributed by atoms with E-state index in [-0.39, 0.29) is 12.5 Å². The van der Waals surface area contributed by atoms with E-state index < -0.39 is 5.97 Å². The summed E-state index contributed by atoms with van der Waals surface area (Å²) < 4.78 is 6.77. The zero-order chi connectivity index (χ0) is 17.8. The molecule has 2 heterocycles. The SMILES string of the molecule is C[C@@H]1C[C@@H](C)CN(C(=O)COC(=O)c2ccc(-n3cncn3)cc2)C1. The summed E-state index contributed by atoms with van der Waals surface area (Å²) in [4.78, 5) is 30.1. The van der Waals surface area contributed by atoms with Gasteiger partial charge in [-0.1, -0.05) is 13.8 Å². The minimum atomic E-state index is -0.503. The molecule has 1 aromatic carbocycles. The zero-order valence-electron chi connectivity index (χ0n) is 14.5. The van der Waals surface area contributed by atoms with Crippen molar-refractivity contribution in [2.24, 2.45) is 11.8 Å². The van der Waals surface area contributed by atoms with Gasteiger partial charge in [-0.2, -0.15) is 5.10 Å². The van der Waals surface area contributed by atoms with Gasteiger partial charge >= 0.3 is 5.97 Å². The number of ether oxygens (including phenoxy) is 1. The van der Waals surface area contributed by atoms with Crippen LogP contribution in [0.1, 0.15) is 30.6 Å². The summed E-state index contributed by atoms with van der Waals surface area (Å²) in [6.45, 7) is 5.51. The first-order valence-electron chi connectivity index (χ1n) is 8.43. The lowest BCUT2D eigenvalue weighted by atomic mass is 9.92. The van der Waals surface area contributed by atoms with Crippen LogP contribution in [0.4, 0.5) is 0 Å². The average Bonchev–Trinajstić information content (AvgIpc) is 3.13. The molecule has 3 rings (SSSR count). The molecule has 0 N–H and O–H groups in total. The van der Waals surface area contributed by atoms with E-state index in [0.717, 1.165) is 25.2 Å². The Labute approximate surface area is 146 Å². The van der Waals surface area contributed by atoms with Crippen molar-refractivity contribution in [2.75, 3.05) is 19.7 Å². The fourth-order valence-corrected chi connectivity index (χ4v) is 3.26. The zero-order valence-corrected chi connectivity index (χ0v) is 14.5. The Bertz CT molecular complexity index is 717. The third-order valence-electron chi connectivity index (χ3n) is 4.33. The molecule has 25 heavy (non-hydrogen) atoms. The summed E-state index contributed by atoms with van der Waals surface area (Å²) in [6.07, 6.45) is 4.14. The van der Waals surface area contributed by atoms with Crippen molar-refractivity contribution in [2.45, 2.75) is 20.3 Å². The third-order valence-corrected chi connectivity index (χ3v) is 4.33. The predicted octanol–water partition coefficient (Wildman–Crippen LogP) is 1.93. The van der Waals surface area contributed by atoms with Crippen LogP contribution in [0.3, 0.4) is 0 Å². The molecular weight excluding hydrogens is 320 g/mol. The van der Waals surface area contributed by atoms with Crippen molar-refractivity contribution in [3.63, 3.8) is 0 Å². The van der Waals surface area contributed by atoms with Crippen LogP contribution in [0.15, 0.2) is 36.9 Å². The van der Waals surface area contributed by atoms with E-state index in [1.54, 1.807) is 40.2 Å². The van der Waals surface area contributed by atoms with Crippen LogP contribution < -0.4 is 0 Å². The Kier molecular flexibility index (Phi) is 5.11. The lowest BCUT2D eigenvalue weighted by Crippen LogP contribution is -2.44. The Morgan fingerprint density at radius 3 is 2.44 bits per heavy atom. The Morgan fingerprint density at radius 1 is 1.16 bits per heavy atom. The molecule has 0 bridgehead atoms. The number of nitrogens with zero attached hydrogens (tertiary/aromatic N) is 4. The first kappa shape index (κ1) is 17.1. The van der Waals surface area contributed by atoms with Crippen molar-refractivity contribution in [1.82, 2.24) is 19.7 Å². The van der Waals surface area contributed by atoms with E-state index in [1.807, 2.05) is 0 Å². The molecular formula is C18H22N4O3. The molecule has 1 saturated heterocycles. The number of esters is 1. The number of hydrogen-bond acceptors (Lipinski definition) is 5. The second-order valence-corrected chi connectivity index (χ2v) is 6.71. The van der Waals surface area contributed by atoms with Crippen molar-refractivity contribution in [3.8, 4) is 5.69 Å². The van der Waals surface area contributed by atoms with Crippen LogP contribution in [0.2, 0.25) is 0 Å². The number of likely N-dealkylation sites (tertiary alicyclic amines) is 1. The highest BCUT2D eigenvalue weighted by molar-refractivity contribution is 5.91. The van der Waals surface area contributed by atoms with E-state index in [1.165, 1.54) is 6.33 Å². The van der Waals surface area contributed by atoms with Gasteiger partial charge < -0.3 is 9.64 Å². The molecule has 2 atom stereocenters. The van der Waals surface area contributed by atoms with E-state index >= 15 is 0 Å². The fourth-order valence-electron chi connectivity index (χ4n) is 3.26. The van der Waals surface area contributed by atoms with E-state index in [2.05, 4.69) is 23.9 Å². The first-order chi connectivity index (χ1) is 12.0. The fraction of sp³-hybridized carbons (Fsp3) is 0.444. The maximum absolute atomic E-state index is 12.3. The first-order valence-corrected chi connectivity index (χ1v) is 8.43. The lowest BCUT2D eigenvalue weighted by molar-refractivity contribution is -0.137. The van der Waals surface area contributed by atoms with Crippen LogP contribution in [-0.4, -0.2) is 51.2 Å². The number of piperidine rings is 1. The van der Waals surface area contributed by atoms with Crippen molar-refractivity contribution < 1.29 is 14.3 Å². The van der Waals surface area contributed by atoms with E-state index in [9.17, 15) is 9.59 Å². The highest BCUT2D eigenvalue weighted by Crippen LogP contribution is 2.21. The number of benzene rings is 1. The number of carbonyl (C=O) groups is 2. The van der Waals surface area contributed by atoms with Gasteiger partial charge in [-0.3, -0.25) is 4.79 Å². The van der Waals surface area contributed by atoms with Gasteiger partial charge in [0.25, 0.3) is 5.91 Å². The second-order valence-electron chi connectivity index (χ2n) is 6.71. The van der Waals surface area contributed by atoms with Crippen molar-refractivity contribution in [1.29, 1.82) is 0 Å². The Hall–Kier alpha value is -2.70. The maximum Gasteiger partial charge on any atom is 0.338 e. The van der Waals surface area contributed by atoms with Crippen LogP contribution in [0.5, 0.6) is 0 Å². The quantitative estimate of drug-likeness (QED) is 0.794. The van der Waals surface area contributed by atoms with Crippen LogP contribution in [-0.2, 0) is 9.53 Å². The summed E-state index contributed by atoms with van der Waals surface area (Å²) >= 11 is 0. The maximum atomic E-state index is 12.3. The highest BCUT2D eigenvalue weighted by Gasteiger charge is 2.26. The molecule has 1 aliphatic rings. The van der Waals surface area contributed by atoms with E-state index in [0.29, 0.717) is 17.4 Å². The topological polar surface area (TPSA) is 77.3 Å². The number of carbonyl (C=O) groups excluding carboxylic acids is 2. The predicted molar refractivity (Wildman–Crippen MR) is 91.2 cm³/mol. The Balaban J connectivity index is 1.54. The normalized spacial score (nSPS) is 20.3. The molecule has 7 heteroatoms. The molecule has 7 nitrogen and oxygen atoms in total. The highest BCUT2D eigenvalue weighted by atomic mass is 16.5. The van der Waals surface area contributed by atoms with Crippen LogP contribution in [0.25, 0.3) is 5.69 Å². The Morgan fingerprint density at radius 2 is 1.84 bits per heavy atom. The van der Waals surface area contributed by atoms with Gasteiger partial charge in [0.1, 0.15) is 12.7 Å². The van der Waals surface area contributed by atoms with Crippen LogP contribution in [0, 0.1) is 11.8 Å². The van der Waals surface area contributed by atoms with Gasteiger partial charge in [-0.05, 0) is 42.5 Å². The minimum Gasteiger partial charge on any atom is -0.452 e. The molecule has 1 fully saturated rings. The summed E-state index contributed by atoms with van der Waals surface area (Å²) in [7, 11) is 0. The van der Waals surface area contributed by atoms with Gasteiger partial charge in [-0.25, -0.2) is 14.5 Å². The molecule has 132 valence electrons. The number of rotatable bonds is 4. The number of amides is 1. The second kappa shape index (κ2) is 7.46. The summed E-state index contributed by atoms with van der Waals surface area (Å²) in [5.41, 5.74) is 1.19. The summed E-state index contributed by atoms with van der Waals surface area (Å²) in [6, 6.07) is 6.80. The van der Waals surface area contributed by atoms with Crippen molar-refractivity contribution >= 4 is 11.9 Å². The molecule has 1 amide bonds. The van der Waals surface area contributed by atoms with Crippen LogP contribution >= 0.6 is 0 Å². The molecule has 1 aliphatic heterocycles. The summed E-state index contributed by atoms with van der Waals surface area (Å²) in [5.74, 6) is 0.322. The monoisotopic (exact) mass is 342 g/mol. The van der Waals surface area contributed by atoms with E-state index in [4.69, 9.17) is 4.74 Å². The van der Waals surface area contributed by atoms with Gasteiger partial charge in [0.15, 0.2) is 6.61 Å². The average molecular weight is 342 g/mol. The standard InChI is InChI=1S/C18H22N4O3/c1-13-7-14(2)9-21(8-13)17(23)10-25-18(24)15-3-5-16(6-4-15)22-12-19-11-20-22/h3-6,11-14H,7-10H2,1-2H3/t13-,14-/m1/s1. The smallest absolute Gasteiger partial charge is 0.338 e. The molecule has 0 radical (unpaired) electrons. The largest absolute Gasteiger partial charge is 0.452 e. The molecule has 0 aliphatic carbocycles.